The number of nitrogens with zero attached hydrogens (tertiary/aromatic N) is 3. The zero-order chi connectivity index (χ0) is 25.2. The maximum absolute atomic E-state index is 15.6. The lowest BCUT2D eigenvalue weighted by molar-refractivity contribution is -0.230. The molecule has 1 aliphatic heterocycles. The first-order valence-corrected chi connectivity index (χ1v) is 11.7. The lowest BCUT2D eigenvalue weighted by Crippen LogP contribution is -2.64. The molecule has 2 heterocycles. The van der Waals surface area contributed by atoms with Crippen molar-refractivity contribution in [1.82, 2.24) is 9.88 Å². The van der Waals surface area contributed by atoms with E-state index in [9.17, 15) is 9.90 Å². The van der Waals surface area contributed by atoms with Crippen molar-refractivity contribution < 1.29 is 28.3 Å². The van der Waals surface area contributed by atoms with Crippen LogP contribution in [0.2, 0.25) is 0 Å². The molecule has 0 radical (unpaired) electrons. The lowest BCUT2D eigenvalue weighted by atomic mass is 9.58. The number of ether oxygens (including phenoxy) is 1. The SMILES string of the molecule is CC1(C)CC(C)(C)CC(O)(C(F)(F)C(=O)N2CCC[C@H]2/C(N)=N/OCCOc2cccnc2)C1. The number of pyridine rings is 1. The average molecular weight is 483 g/mol. The van der Waals surface area contributed by atoms with Gasteiger partial charge in [-0.05, 0) is 55.1 Å². The van der Waals surface area contributed by atoms with Crippen LogP contribution in [0.4, 0.5) is 8.78 Å². The molecule has 1 atom stereocenters. The number of amides is 1. The molecule has 1 saturated carbocycles. The van der Waals surface area contributed by atoms with Crippen LogP contribution in [-0.2, 0) is 9.63 Å². The number of carbonyl (C=O) groups is 1. The fourth-order valence-corrected chi connectivity index (χ4v) is 5.80. The molecule has 3 rings (SSSR count). The van der Waals surface area contributed by atoms with Crippen molar-refractivity contribution in [3.63, 3.8) is 0 Å². The topological polar surface area (TPSA) is 110 Å². The third-order valence-corrected chi connectivity index (χ3v) is 6.45. The first-order chi connectivity index (χ1) is 15.8. The third-order valence-electron chi connectivity index (χ3n) is 6.45. The summed E-state index contributed by atoms with van der Waals surface area (Å²) in [5, 5.41) is 14.9. The summed E-state index contributed by atoms with van der Waals surface area (Å²) < 4.78 is 36.6. The Bertz CT molecular complexity index is 876. The van der Waals surface area contributed by atoms with Crippen LogP contribution >= 0.6 is 0 Å². The van der Waals surface area contributed by atoms with Crippen LogP contribution in [0.1, 0.15) is 59.8 Å². The summed E-state index contributed by atoms with van der Waals surface area (Å²) in [5.74, 6) is -4.85. The van der Waals surface area contributed by atoms with E-state index in [1.54, 1.807) is 24.5 Å². The van der Waals surface area contributed by atoms with Crippen LogP contribution in [-0.4, -0.2) is 64.1 Å². The van der Waals surface area contributed by atoms with Gasteiger partial charge in [0.15, 0.2) is 12.4 Å². The van der Waals surface area contributed by atoms with Crippen LogP contribution in [0.5, 0.6) is 5.75 Å². The fourth-order valence-electron chi connectivity index (χ4n) is 5.80. The molecule has 1 aromatic rings. The first kappa shape index (κ1) is 26.1. The zero-order valence-electron chi connectivity index (χ0n) is 20.4. The Morgan fingerprint density at radius 3 is 2.56 bits per heavy atom. The summed E-state index contributed by atoms with van der Waals surface area (Å²) in [6, 6.07) is 2.67. The van der Waals surface area contributed by atoms with Crippen molar-refractivity contribution in [2.24, 2.45) is 21.7 Å². The largest absolute Gasteiger partial charge is 0.488 e. The number of hydrogen-bond donors (Lipinski definition) is 2. The number of aliphatic hydroxyl groups is 1. The van der Waals surface area contributed by atoms with E-state index in [2.05, 4.69) is 10.1 Å². The molecule has 3 N–H and O–H groups in total. The highest BCUT2D eigenvalue weighted by atomic mass is 19.3. The number of amidine groups is 1. The smallest absolute Gasteiger partial charge is 0.352 e. The molecule has 1 aromatic heterocycles. The van der Waals surface area contributed by atoms with Gasteiger partial charge in [0.1, 0.15) is 18.0 Å². The Labute approximate surface area is 199 Å². The third kappa shape index (κ3) is 5.76. The molecule has 1 aliphatic carbocycles. The maximum atomic E-state index is 15.6. The molecule has 8 nitrogen and oxygen atoms in total. The molecule has 0 unspecified atom stereocenters. The Morgan fingerprint density at radius 1 is 1.26 bits per heavy atom. The van der Waals surface area contributed by atoms with E-state index in [0.29, 0.717) is 25.0 Å². The Balaban J connectivity index is 1.64. The van der Waals surface area contributed by atoms with Crippen LogP contribution in [0.3, 0.4) is 0 Å². The van der Waals surface area contributed by atoms with Gasteiger partial charge in [0.05, 0.1) is 12.2 Å². The monoisotopic (exact) mass is 482 g/mol. The van der Waals surface area contributed by atoms with E-state index < -0.39 is 34.3 Å². The van der Waals surface area contributed by atoms with Gasteiger partial charge in [-0.25, -0.2) is 0 Å². The van der Waals surface area contributed by atoms with Crippen molar-refractivity contribution in [2.75, 3.05) is 19.8 Å². The van der Waals surface area contributed by atoms with Gasteiger partial charge in [-0.3, -0.25) is 9.78 Å². The summed E-state index contributed by atoms with van der Waals surface area (Å²) in [4.78, 5) is 23.2. The number of nitrogens with two attached hydrogens (primary N) is 1. The molecule has 0 bridgehead atoms. The Kier molecular flexibility index (Phi) is 7.40. The molecule has 190 valence electrons. The molecule has 34 heavy (non-hydrogen) atoms. The highest BCUT2D eigenvalue weighted by Crippen LogP contribution is 2.55. The van der Waals surface area contributed by atoms with Gasteiger partial charge in [-0.15, -0.1) is 0 Å². The molecule has 10 heteroatoms. The van der Waals surface area contributed by atoms with Crippen LogP contribution < -0.4 is 10.5 Å². The van der Waals surface area contributed by atoms with E-state index in [0.717, 1.165) is 4.90 Å². The fraction of sp³-hybridized carbons (Fsp3) is 0.708. The van der Waals surface area contributed by atoms with Crippen molar-refractivity contribution in [1.29, 1.82) is 0 Å². The number of aromatic nitrogens is 1. The number of halogens is 2. The predicted molar refractivity (Wildman–Crippen MR) is 123 cm³/mol. The van der Waals surface area contributed by atoms with Crippen LogP contribution in [0, 0.1) is 10.8 Å². The standard InChI is InChI=1S/C24H36F2N4O4/c1-21(2)14-22(3,4)16-23(32,15-21)24(25,26)20(31)30-10-6-8-18(30)19(27)29-34-12-11-33-17-7-5-9-28-13-17/h5,7,9,13,18,32H,6,8,10-12,14-16H2,1-4H3,(H2,27,29)/t18-/m0/s1. The van der Waals surface area contributed by atoms with E-state index in [1.807, 2.05) is 27.7 Å². The maximum Gasteiger partial charge on any atom is 0.352 e. The van der Waals surface area contributed by atoms with E-state index >= 15 is 8.78 Å². The highest BCUT2D eigenvalue weighted by Gasteiger charge is 2.65. The molecule has 2 aliphatic rings. The van der Waals surface area contributed by atoms with Crippen LogP contribution in [0.15, 0.2) is 29.7 Å². The van der Waals surface area contributed by atoms with E-state index in [-0.39, 0.29) is 38.4 Å². The van der Waals surface area contributed by atoms with Gasteiger partial charge in [0.2, 0.25) is 0 Å². The summed E-state index contributed by atoms with van der Waals surface area (Å²) in [6.07, 6.45) is 4.43. The van der Waals surface area contributed by atoms with Gasteiger partial charge in [0, 0.05) is 12.7 Å². The molecule has 1 saturated heterocycles. The average Bonchev–Trinajstić information content (AvgIpc) is 3.20. The van der Waals surface area contributed by atoms with Crippen LogP contribution in [0.25, 0.3) is 0 Å². The lowest BCUT2D eigenvalue weighted by Gasteiger charge is -2.51. The second-order valence-electron chi connectivity index (χ2n) is 11.0. The minimum atomic E-state index is -3.96. The van der Waals surface area contributed by atoms with Crippen molar-refractivity contribution in [2.45, 2.75) is 77.4 Å². The van der Waals surface area contributed by atoms with Gasteiger partial charge in [0.25, 0.3) is 5.91 Å². The van der Waals surface area contributed by atoms with Crippen molar-refractivity contribution in [3.8, 4) is 5.75 Å². The minimum absolute atomic E-state index is 0.0562. The molecule has 0 aromatic carbocycles. The van der Waals surface area contributed by atoms with E-state index in [1.165, 1.54) is 0 Å². The van der Waals surface area contributed by atoms with Crippen molar-refractivity contribution >= 4 is 11.7 Å². The number of carbonyl (C=O) groups excluding carboxylic acids is 1. The summed E-state index contributed by atoms with van der Waals surface area (Å²) in [6.45, 7) is 7.76. The summed E-state index contributed by atoms with van der Waals surface area (Å²) in [5.41, 5.74) is 2.52. The van der Waals surface area contributed by atoms with E-state index in [4.69, 9.17) is 15.3 Å². The number of oxime groups is 1. The predicted octanol–water partition coefficient (Wildman–Crippen LogP) is 3.34. The summed E-state index contributed by atoms with van der Waals surface area (Å²) >= 11 is 0. The van der Waals surface area contributed by atoms with Gasteiger partial charge >= 0.3 is 5.92 Å². The number of alkyl halides is 2. The minimum Gasteiger partial charge on any atom is -0.488 e. The molecule has 1 amide bonds. The quantitative estimate of drug-likeness (QED) is 0.255. The number of likely N-dealkylation sites (tertiary alicyclic amines) is 1. The number of hydrogen-bond acceptors (Lipinski definition) is 6. The molecule has 0 spiro atoms. The second-order valence-corrected chi connectivity index (χ2v) is 11.0. The second kappa shape index (κ2) is 9.64. The van der Waals surface area contributed by atoms with Gasteiger partial charge in [-0.1, -0.05) is 32.9 Å². The van der Waals surface area contributed by atoms with Gasteiger partial charge < -0.3 is 25.3 Å². The zero-order valence-corrected chi connectivity index (χ0v) is 20.4. The molecular formula is C24H36F2N4O4. The Hall–Kier alpha value is -2.49. The van der Waals surface area contributed by atoms with Crippen molar-refractivity contribution in [3.05, 3.63) is 24.5 Å². The number of rotatable bonds is 8. The Morgan fingerprint density at radius 2 is 1.94 bits per heavy atom. The highest BCUT2D eigenvalue weighted by molar-refractivity contribution is 5.93. The summed E-state index contributed by atoms with van der Waals surface area (Å²) in [7, 11) is 0. The molecule has 2 fully saturated rings. The normalized spacial score (nSPS) is 24.0. The first-order valence-electron chi connectivity index (χ1n) is 11.7. The molecular weight excluding hydrogens is 446 g/mol. The van der Waals surface area contributed by atoms with Gasteiger partial charge in [-0.2, -0.15) is 8.78 Å².